The lowest BCUT2D eigenvalue weighted by Gasteiger charge is -2.42. The lowest BCUT2D eigenvalue weighted by molar-refractivity contribution is -0.135. The van der Waals surface area contributed by atoms with E-state index >= 15 is 0 Å². The van der Waals surface area contributed by atoms with Crippen LogP contribution in [0.4, 0.5) is 5.82 Å². The second kappa shape index (κ2) is 13.1. The molecule has 0 aliphatic carbocycles. The Bertz CT molecular complexity index is 856. The molecule has 1 amide bonds. The van der Waals surface area contributed by atoms with E-state index in [2.05, 4.69) is 26.4 Å². The largest absolute Gasteiger partial charge is 0.483 e. The molecule has 2 aromatic rings. The molecular formula is C21H32N6O5. The SMILES string of the molecule is Cc1cccc(CN2CCC(Nc3ccnn3C)(C(=O)N(C)C)CC2)n1.O=CO.O=CO. The van der Waals surface area contributed by atoms with Gasteiger partial charge in [-0.15, -0.1) is 0 Å². The third-order valence-electron chi connectivity index (χ3n) is 5.05. The minimum absolute atomic E-state index is 0.118. The standard InChI is InChI=1S/C19H28N6O.2CH2O2/c1-15-6-5-7-16(21-15)14-25-12-9-19(10-13-25,18(26)23(2)3)22-17-8-11-20-24(17)4;2*2-1-3/h5-8,11,22H,9-10,12-14H2,1-4H3;2*1H,(H,2,3). The van der Waals surface area contributed by atoms with Gasteiger partial charge >= 0.3 is 0 Å². The van der Waals surface area contributed by atoms with Crippen LogP contribution < -0.4 is 5.32 Å². The van der Waals surface area contributed by atoms with Crippen LogP contribution in [0.15, 0.2) is 30.5 Å². The first-order valence-electron chi connectivity index (χ1n) is 10.0. The lowest BCUT2D eigenvalue weighted by Crippen LogP contribution is -2.58. The summed E-state index contributed by atoms with van der Waals surface area (Å²) in [5.74, 6) is 0.987. The van der Waals surface area contributed by atoms with Gasteiger partial charge in [0.15, 0.2) is 0 Å². The third-order valence-corrected chi connectivity index (χ3v) is 5.05. The van der Waals surface area contributed by atoms with Crippen LogP contribution in [-0.2, 0) is 28.0 Å². The predicted molar refractivity (Wildman–Crippen MR) is 119 cm³/mol. The van der Waals surface area contributed by atoms with E-state index in [4.69, 9.17) is 19.8 Å². The zero-order chi connectivity index (χ0) is 24.1. The van der Waals surface area contributed by atoms with Crippen molar-refractivity contribution in [3.63, 3.8) is 0 Å². The van der Waals surface area contributed by atoms with E-state index in [9.17, 15) is 4.79 Å². The van der Waals surface area contributed by atoms with Crippen LogP contribution in [0.25, 0.3) is 0 Å². The fraction of sp³-hybridized carbons (Fsp3) is 0.476. The molecule has 0 spiro atoms. The number of likely N-dealkylation sites (N-methyl/N-ethyl adjacent to an activating group) is 1. The number of piperidine rings is 1. The fourth-order valence-corrected chi connectivity index (χ4v) is 3.57. The molecule has 3 N–H and O–H groups in total. The molecule has 3 heterocycles. The quantitative estimate of drug-likeness (QED) is 0.573. The monoisotopic (exact) mass is 448 g/mol. The van der Waals surface area contributed by atoms with Crippen molar-refractivity contribution in [3.05, 3.63) is 41.9 Å². The first kappa shape index (κ1) is 26.6. The number of carbonyl (C=O) groups excluding carboxylic acids is 1. The van der Waals surface area contributed by atoms with Gasteiger partial charge in [-0.05, 0) is 31.9 Å². The number of amides is 1. The Kier molecular flexibility index (Phi) is 10.8. The summed E-state index contributed by atoms with van der Waals surface area (Å²) in [6, 6.07) is 8.03. The zero-order valence-corrected chi connectivity index (χ0v) is 18.9. The molecule has 0 atom stereocenters. The fourth-order valence-electron chi connectivity index (χ4n) is 3.57. The van der Waals surface area contributed by atoms with Crippen molar-refractivity contribution in [2.24, 2.45) is 7.05 Å². The molecular weight excluding hydrogens is 416 g/mol. The van der Waals surface area contributed by atoms with Gasteiger partial charge in [0.2, 0.25) is 5.91 Å². The van der Waals surface area contributed by atoms with E-state index in [1.165, 1.54) is 0 Å². The molecule has 1 fully saturated rings. The zero-order valence-electron chi connectivity index (χ0n) is 18.9. The van der Waals surface area contributed by atoms with Crippen LogP contribution in [-0.4, -0.2) is 86.4 Å². The number of aryl methyl sites for hydroxylation is 2. The average molecular weight is 449 g/mol. The first-order chi connectivity index (χ1) is 15.2. The molecule has 3 rings (SSSR count). The number of rotatable bonds is 5. The summed E-state index contributed by atoms with van der Waals surface area (Å²) in [7, 11) is 5.52. The van der Waals surface area contributed by atoms with Crippen molar-refractivity contribution in [1.29, 1.82) is 0 Å². The molecule has 11 nitrogen and oxygen atoms in total. The van der Waals surface area contributed by atoms with Crippen LogP contribution in [0.1, 0.15) is 24.2 Å². The second-order valence-electron chi connectivity index (χ2n) is 7.50. The van der Waals surface area contributed by atoms with Gasteiger partial charge < -0.3 is 20.4 Å². The summed E-state index contributed by atoms with van der Waals surface area (Å²) in [4.78, 5) is 38.3. The maximum atomic E-state index is 13.0. The van der Waals surface area contributed by atoms with Gasteiger partial charge in [-0.25, -0.2) is 0 Å². The molecule has 0 aromatic carbocycles. The number of carbonyl (C=O) groups is 3. The van der Waals surface area contributed by atoms with Gasteiger partial charge in [-0.3, -0.25) is 28.9 Å². The van der Waals surface area contributed by atoms with Crippen molar-refractivity contribution < 1.29 is 24.6 Å². The van der Waals surface area contributed by atoms with Gasteiger partial charge in [-0.2, -0.15) is 5.10 Å². The van der Waals surface area contributed by atoms with Crippen LogP contribution >= 0.6 is 0 Å². The van der Waals surface area contributed by atoms with Gasteiger partial charge in [-0.1, -0.05) is 6.07 Å². The molecule has 11 heteroatoms. The minimum atomic E-state index is -0.589. The van der Waals surface area contributed by atoms with Crippen LogP contribution in [0, 0.1) is 6.92 Å². The van der Waals surface area contributed by atoms with Crippen molar-refractivity contribution in [1.82, 2.24) is 24.6 Å². The van der Waals surface area contributed by atoms with E-state index in [1.54, 1.807) is 15.8 Å². The Hall–Kier alpha value is -3.47. The summed E-state index contributed by atoms with van der Waals surface area (Å²) in [5, 5.41) is 21.5. The Morgan fingerprint density at radius 3 is 2.25 bits per heavy atom. The molecule has 0 saturated carbocycles. The maximum Gasteiger partial charge on any atom is 0.290 e. The number of likely N-dealkylation sites (tertiary alicyclic amines) is 1. The highest BCUT2D eigenvalue weighted by molar-refractivity contribution is 5.89. The Morgan fingerprint density at radius 1 is 1.19 bits per heavy atom. The number of hydrogen-bond donors (Lipinski definition) is 3. The van der Waals surface area contributed by atoms with Crippen LogP contribution in [0.3, 0.4) is 0 Å². The normalized spacial score (nSPS) is 14.6. The lowest BCUT2D eigenvalue weighted by atomic mass is 9.85. The highest BCUT2D eigenvalue weighted by Crippen LogP contribution is 2.29. The van der Waals surface area contributed by atoms with Crippen molar-refractivity contribution >= 4 is 24.7 Å². The van der Waals surface area contributed by atoms with Crippen LogP contribution in [0.2, 0.25) is 0 Å². The van der Waals surface area contributed by atoms with Crippen molar-refractivity contribution in [2.45, 2.75) is 31.8 Å². The second-order valence-corrected chi connectivity index (χ2v) is 7.50. The van der Waals surface area contributed by atoms with Gasteiger partial charge in [0.05, 0.1) is 11.9 Å². The predicted octanol–water partition coefficient (Wildman–Crippen LogP) is 1.06. The molecule has 32 heavy (non-hydrogen) atoms. The number of nitrogens with one attached hydrogen (secondary N) is 1. The highest BCUT2D eigenvalue weighted by Gasteiger charge is 2.42. The summed E-state index contributed by atoms with van der Waals surface area (Å²) < 4.78 is 1.77. The molecule has 2 aromatic heterocycles. The number of hydrogen-bond acceptors (Lipinski definition) is 7. The molecule has 1 saturated heterocycles. The van der Waals surface area contributed by atoms with E-state index in [1.807, 2.05) is 46.3 Å². The van der Waals surface area contributed by atoms with E-state index < -0.39 is 5.54 Å². The summed E-state index contributed by atoms with van der Waals surface area (Å²) in [6.07, 6.45) is 3.25. The number of anilines is 1. The molecule has 1 aliphatic heterocycles. The Labute approximate surface area is 187 Å². The number of aromatic nitrogens is 3. The summed E-state index contributed by atoms with van der Waals surface area (Å²) in [6.45, 7) is 4.03. The Balaban J connectivity index is 0.000000769. The molecule has 0 bridgehead atoms. The number of pyridine rings is 1. The van der Waals surface area contributed by atoms with Crippen molar-refractivity contribution in [3.8, 4) is 0 Å². The Morgan fingerprint density at radius 2 is 1.78 bits per heavy atom. The summed E-state index contributed by atoms with van der Waals surface area (Å²) >= 11 is 0. The van der Waals surface area contributed by atoms with Gasteiger partial charge in [0.1, 0.15) is 11.4 Å². The molecule has 1 aliphatic rings. The highest BCUT2D eigenvalue weighted by atomic mass is 16.3. The van der Waals surface area contributed by atoms with E-state index in [0.29, 0.717) is 0 Å². The van der Waals surface area contributed by atoms with Gasteiger partial charge in [0.25, 0.3) is 12.9 Å². The topological polar surface area (TPSA) is 141 Å². The minimum Gasteiger partial charge on any atom is -0.483 e. The number of carboxylic acid groups (broad SMARTS) is 2. The van der Waals surface area contributed by atoms with E-state index in [-0.39, 0.29) is 18.9 Å². The van der Waals surface area contributed by atoms with E-state index in [0.717, 1.165) is 49.7 Å². The average Bonchev–Trinajstić information content (AvgIpc) is 3.14. The smallest absolute Gasteiger partial charge is 0.290 e. The van der Waals surface area contributed by atoms with Crippen molar-refractivity contribution in [2.75, 3.05) is 32.5 Å². The summed E-state index contributed by atoms with van der Waals surface area (Å²) in [5.41, 5.74) is 1.53. The van der Waals surface area contributed by atoms with Crippen LogP contribution in [0.5, 0.6) is 0 Å². The first-order valence-corrected chi connectivity index (χ1v) is 10.0. The molecule has 0 unspecified atom stereocenters. The number of nitrogens with zero attached hydrogens (tertiary/aromatic N) is 5. The molecule has 176 valence electrons. The van der Waals surface area contributed by atoms with Gasteiger partial charge in [0, 0.05) is 52.5 Å². The third kappa shape index (κ3) is 7.65. The molecule has 0 radical (unpaired) electrons. The maximum absolute atomic E-state index is 13.0.